The minimum atomic E-state index is -3.32. The number of anilines is 1. The number of rotatable bonds is 11. The fraction of sp³-hybridized carbons (Fsp3) is 0.727. The second-order valence-corrected chi connectivity index (χ2v) is 10.6. The maximum Gasteiger partial charge on any atom is 0.212 e. The van der Waals surface area contributed by atoms with Crippen LogP contribution in [0.5, 0.6) is 0 Å². The highest BCUT2D eigenvalue weighted by molar-refractivity contribution is 7.89. The van der Waals surface area contributed by atoms with E-state index in [9.17, 15) is 13.5 Å². The van der Waals surface area contributed by atoms with Crippen LogP contribution >= 0.6 is 0 Å². The van der Waals surface area contributed by atoms with Crippen molar-refractivity contribution in [2.24, 2.45) is 0 Å². The van der Waals surface area contributed by atoms with Gasteiger partial charge in [0.1, 0.15) is 0 Å². The summed E-state index contributed by atoms with van der Waals surface area (Å²) in [5.74, 6) is 0.0713. The van der Waals surface area contributed by atoms with Gasteiger partial charge < -0.3 is 10.0 Å². The fourth-order valence-electron chi connectivity index (χ4n) is 4.10. The lowest BCUT2D eigenvalue weighted by Gasteiger charge is -2.46. The van der Waals surface area contributed by atoms with E-state index in [4.69, 9.17) is 0 Å². The van der Waals surface area contributed by atoms with Crippen LogP contribution in [-0.4, -0.2) is 38.4 Å². The number of nitrogens with zero attached hydrogens (tertiary/aromatic N) is 1. The van der Waals surface area contributed by atoms with Crippen LogP contribution < -0.4 is 9.62 Å². The molecule has 1 unspecified atom stereocenters. The molecule has 1 aromatic carbocycles. The van der Waals surface area contributed by atoms with Gasteiger partial charge in [-0.25, -0.2) is 13.1 Å². The van der Waals surface area contributed by atoms with Crippen molar-refractivity contribution >= 4 is 15.7 Å². The first kappa shape index (κ1) is 23.2. The SMILES string of the molecule is CCCCCCCCNS(=O)(=O)CC1CC(C)(C)N(C)c2cc(CO)ccc21. The molecule has 0 amide bonds. The van der Waals surface area contributed by atoms with Gasteiger partial charge in [0.2, 0.25) is 10.0 Å². The predicted molar refractivity (Wildman–Crippen MR) is 117 cm³/mol. The topological polar surface area (TPSA) is 69.6 Å². The molecule has 1 heterocycles. The Kier molecular flexibility index (Phi) is 8.34. The van der Waals surface area contributed by atoms with Gasteiger partial charge in [0, 0.05) is 30.7 Å². The van der Waals surface area contributed by atoms with Crippen LogP contribution in [0.15, 0.2) is 18.2 Å². The number of sulfonamides is 1. The Morgan fingerprint density at radius 1 is 1.18 bits per heavy atom. The molecule has 28 heavy (non-hydrogen) atoms. The van der Waals surface area contributed by atoms with Gasteiger partial charge in [0.25, 0.3) is 0 Å². The lowest BCUT2D eigenvalue weighted by atomic mass is 9.80. The second-order valence-electron chi connectivity index (χ2n) is 8.77. The standard InChI is InChI=1S/C22H38N2O3S/c1-5-6-7-8-9-10-13-23-28(26,27)17-19-15-22(2,3)24(4)21-14-18(16-25)11-12-20(19)21/h11-12,14,19,23,25H,5-10,13,15-17H2,1-4H3. The number of aliphatic hydroxyl groups excluding tert-OH is 1. The van der Waals surface area contributed by atoms with Gasteiger partial charge in [0.15, 0.2) is 0 Å². The monoisotopic (exact) mass is 410 g/mol. The maximum absolute atomic E-state index is 12.7. The van der Waals surface area contributed by atoms with Crippen molar-refractivity contribution in [1.29, 1.82) is 0 Å². The summed E-state index contributed by atoms with van der Waals surface area (Å²) in [6.07, 6.45) is 7.66. The van der Waals surface area contributed by atoms with E-state index in [1.54, 1.807) is 0 Å². The lowest BCUT2D eigenvalue weighted by Crippen LogP contribution is -2.47. The van der Waals surface area contributed by atoms with Crippen LogP contribution in [0.4, 0.5) is 5.69 Å². The zero-order valence-corrected chi connectivity index (χ0v) is 18.8. The number of hydrogen-bond acceptors (Lipinski definition) is 4. The number of aliphatic hydroxyl groups is 1. The summed E-state index contributed by atoms with van der Waals surface area (Å²) in [6, 6.07) is 5.87. The van der Waals surface area contributed by atoms with Crippen LogP contribution in [-0.2, 0) is 16.6 Å². The number of fused-ring (bicyclic) bond motifs is 1. The molecule has 0 radical (unpaired) electrons. The molecule has 1 aromatic rings. The molecule has 6 heteroatoms. The van der Waals surface area contributed by atoms with Crippen LogP contribution in [0, 0.1) is 0 Å². The molecule has 0 fully saturated rings. The first-order chi connectivity index (χ1) is 13.2. The third kappa shape index (κ3) is 6.19. The Bertz CT molecular complexity index is 731. The second kappa shape index (κ2) is 10.1. The molecule has 0 saturated heterocycles. The molecule has 2 N–H and O–H groups in total. The quantitative estimate of drug-likeness (QED) is 0.538. The molecule has 0 saturated carbocycles. The van der Waals surface area contributed by atoms with E-state index in [1.165, 1.54) is 25.7 Å². The van der Waals surface area contributed by atoms with Gasteiger partial charge in [-0.15, -0.1) is 0 Å². The molecular formula is C22H38N2O3S. The van der Waals surface area contributed by atoms with Gasteiger partial charge >= 0.3 is 0 Å². The molecule has 2 rings (SSSR count). The summed E-state index contributed by atoms with van der Waals surface area (Å²) >= 11 is 0. The average Bonchev–Trinajstić information content (AvgIpc) is 2.64. The van der Waals surface area contributed by atoms with E-state index in [-0.39, 0.29) is 23.8 Å². The van der Waals surface area contributed by atoms with Crippen LogP contribution in [0.1, 0.15) is 82.8 Å². The summed E-state index contributed by atoms with van der Waals surface area (Å²) in [5.41, 5.74) is 2.80. The Balaban J connectivity index is 2.01. The van der Waals surface area contributed by atoms with E-state index < -0.39 is 10.0 Å². The highest BCUT2D eigenvalue weighted by Gasteiger charge is 2.37. The van der Waals surface area contributed by atoms with Crippen LogP contribution in [0.2, 0.25) is 0 Å². The van der Waals surface area contributed by atoms with Crippen LogP contribution in [0.3, 0.4) is 0 Å². The van der Waals surface area contributed by atoms with Gasteiger partial charge in [0.05, 0.1) is 12.4 Å². The molecule has 0 spiro atoms. The summed E-state index contributed by atoms with van der Waals surface area (Å²) in [5, 5.41) is 9.47. The molecular weight excluding hydrogens is 372 g/mol. The van der Waals surface area contributed by atoms with Crippen molar-refractivity contribution in [2.75, 3.05) is 24.2 Å². The molecule has 0 aliphatic carbocycles. The first-order valence-corrected chi connectivity index (χ1v) is 12.3. The lowest BCUT2D eigenvalue weighted by molar-refractivity contribution is 0.281. The summed E-state index contributed by atoms with van der Waals surface area (Å²) in [7, 11) is -1.28. The Morgan fingerprint density at radius 3 is 2.54 bits per heavy atom. The Morgan fingerprint density at radius 2 is 1.86 bits per heavy atom. The molecule has 0 bridgehead atoms. The molecule has 1 aliphatic heterocycles. The minimum absolute atomic E-state index is 0.00960. The van der Waals surface area contributed by atoms with E-state index in [0.29, 0.717) is 6.54 Å². The van der Waals surface area contributed by atoms with Crippen molar-refractivity contribution in [3.05, 3.63) is 29.3 Å². The molecule has 160 valence electrons. The predicted octanol–water partition coefficient (Wildman–Crippen LogP) is 4.16. The average molecular weight is 411 g/mol. The Hall–Kier alpha value is -1.11. The van der Waals surface area contributed by atoms with Crippen molar-refractivity contribution in [2.45, 2.75) is 83.8 Å². The molecule has 0 aromatic heterocycles. The van der Waals surface area contributed by atoms with Crippen molar-refractivity contribution in [3.63, 3.8) is 0 Å². The number of nitrogens with one attached hydrogen (secondary N) is 1. The third-order valence-corrected chi connectivity index (χ3v) is 7.49. The number of unbranched alkanes of at least 4 members (excludes halogenated alkanes) is 5. The third-order valence-electron chi connectivity index (χ3n) is 6.01. The van der Waals surface area contributed by atoms with Crippen molar-refractivity contribution in [1.82, 2.24) is 4.72 Å². The van der Waals surface area contributed by atoms with Gasteiger partial charge in [-0.2, -0.15) is 0 Å². The van der Waals surface area contributed by atoms with E-state index in [0.717, 1.165) is 36.1 Å². The molecule has 5 nitrogen and oxygen atoms in total. The van der Waals surface area contributed by atoms with E-state index in [2.05, 4.69) is 30.4 Å². The van der Waals surface area contributed by atoms with Gasteiger partial charge in [-0.05, 0) is 43.9 Å². The van der Waals surface area contributed by atoms with Crippen molar-refractivity contribution in [3.8, 4) is 0 Å². The summed E-state index contributed by atoms with van der Waals surface area (Å²) < 4.78 is 28.2. The summed E-state index contributed by atoms with van der Waals surface area (Å²) in [6.45, 7) is 7.00. The highest BCUT2D eigenvalue weighted by Crippen LogP contribution is 2.43. The van der Waals surface area contributed by atoms with Gasteiger partial charge in [-0.3, -0.25) is 0 Å². The minimum Gasteiger partial charge on any atom is -0.392 e. The largest absolute Gasteiger partial charge is 0.392 e. The summed E-state index contributed by atoms with van der Waals surface area (Å²) in [4.78, 5) is 2.20. The fourth-order valence-corrected chi connectivity index (χ4v) is 5.51. The zero-order chi connectivity index (χ0) is 20.8. The van der Waals surface area contributed by atoms with Crippen molar-refractivity contribution < 1.29 is 13.5 Å². The zero-order valence-electron chi connectivity index (χ0n) is 18.0. The number of hydrogen-bond donors (Lipinski definition) is 2. The molecule has 1 aliphatic rings. The van der Waals surface area contributed by atoms with E-state index in [1.807, 2.05) is 25.2 Å². The smallest absolute Gasteiger partial charge is 0.212 e. The van der Waals surface area contributed by atoms with Gasteiger partial charge in [-0.1, -0.05) is 51.2 Å². The maximum atomic E-state index is 12.7. The normalized spacial score (nSPS) is 18.9. The number of benzene rings is 1. The van der Waals surface area contributed by atoms with Crippen LogP contribution in [0.25, 0.3) is 0 Å². The molecule has 1 atom stereocenters. The Labute approximate surface area is 171 Å². The van der Waals surface area contributed by atoms with E-state index >= 15 is 0 Å². The highest BCUT2D eigenvalue weighted by atomic mass is 32.2. The first-order valence-electron chi connectivity index (χ1n) is 10.6.